The van der Waals surface area contributed by atoms with Crippen molar-refractivity contribution in [3.05, 3.63) is 0 Å². The molecule has 244 valence electrons. The highest BCUT2D eigenvalue weighted by Gasteiger charge is 1.93. The van der Waals surface area contributed by atoms with Gasteiger partial charge in [-0.2, -0.15) is 0 Å². The number of rotatable bonds is 22. The van der Waals surface area contributed by atoms with Crippen molar-refractivity contribution in [2.24, 2.45) is 0 Å². The van der Waals surface area contributed by atoms with Crippen LogP contribution in [-0.2, 0) is 38.4 Å². The van der Waals surface area contributed by atoms with E-state index in [0.29, 0.717) is 38.5 Å². The van der Waals surface area contributed by atoms with Gasteiger partial charge in [-0.3, -0.25) is 0 Å². The van der Waals surface area contributed by atoms with Crippen LogP contribution in [0.3, 0.4) is 0 Å². The molecule has 16 heteroatoms. The van der Waals surface area contributed by atoms with Crippen LogP contribution in [0.25, 0.3) is 0 Å². The lowest BCUT2D eigenvalue weighted by Gasteiger charge is -2.03. The third kappa shape index (κ3) is 65.1. The predicted molar refractivity (Wildman–Crippen MR) is 123 cm³/mol. The van der Waals surface area contributed by atoms with Gasteiger partial charge in [0.1, 0.15) is 0 Å². The normalized spacial score (nSPS) is 9.33. The zero-order valence-corrected chi connectivity index (χ0v) is 23.3. The number of carbonyl (C=O) groups is 8. The second kappa shape index (κ2) is 33.0. The van der Waals surface area contributed by atoms with Crippen molar-refractivity contribution < 1.29 is 79.2 Å². The molecule has 0 unspecified atom stereocenters. The lowest BCUT2D eigenvalue weighted by atomic mass is 10.1. The summed E-state index contributed by atoms with van der Waals surface area (Å²) in [6.07, 6.45) is 5.36. The summed E-state index contributed by atoms with van der Waals surface area (Å²) in [5.41, 5.74) is 0. The second-order valence-electron chi connectivity index (χ2n) is 8.51. The van der Waals surface area contributed by atoms with Crippen LogP contribution in [0.1, 0.15) is 116 Å². The maximum Gasteiger partial charge on any atom is 0.0418 e. The van der Waals surface area contributed by atoms with Crippen LogP contribution in [0.15, 0.2) is 0 Å². The van der Waals surface area contributed by atoms with Gasteiger partial charge in [-0.25, -0.2) is 0 Å². The van der Waals surface area contributed by atoms with Crippen LogP contribution in [0.4, 0.5) is 0 Å². The number of carbonyl (C=O) groups excluding carboxylic acids is 8. The van der Waals surface area contributed by atoms with Crippen LogP contribution in [0.2, 0.25) is 0 Å². The average Bonchev–Trinajstić information content (AvgIpc) is 2.85. The fraction of sp³-hybridized carbons (Fsp3) is 0.692. The van der Waals surface area contributed by atoms with E-state index in [1.165, 1.54) is 0 Å². The van der Waals surface area contributed by atoms with Crippen molar-refractivity contribution in [1.82, 2.24) is 0 Å². The maximum atomic E-state index is 10.0. The Kier molecular flexibility index (Phi) is 35.1. The van der Waals surface area contributed by atoms with Crippen LogP contribution in [0.5, 0.6) is 0 Å². The Morgan fingerprint density at radius 1 is 0.214 bits per heavy atom. The molecule has 0 atom stereocenters. The molecular formula is C26H36O16-8. The standard InChI is InChI=1S/C10H18O4.2C6H10O4.C4H6O4/c11-9(12)7-5-3-1-2-4-6-8-10(13)14;2*7-5(8)3-1-2-4-6(9)10;5-3(6)1-2-4(7)8/h1-8H2,(H,11,12)(H,13,14);2*1-4H2,(H,7,8)(H,9,10);1-2H2,(H,5,6)(H,7,8)/p-8. The fourth-order valence-electron chi connectivity index (χ4n) is 2.53. The smallest absolute Gasteiger partial charge is 0.0418 e. The number of unbranched alkanes of at least 4 members (excludes halogenated alkanes) is 7. The van der Waals surface area contributed by atoms with E-state index in [2.05, 4.69) is 0 Å². The van der Waals surface area contributed by atoms with Crippen LogP contribution in [0, 0.1) is 0 Å². The summed E-state index contributed by atoms with van der Waals surface area (Å²) in [6.45, 7) is 0. The van der Waals surface area contributed by atoms with E-state index in [1.807, 2.05) is 0 Å². The summed E-state index contributed by atoms with van der Waals surface area (Å²) < 4.78 is 0. The van der Waals surface area contributed by atoms with Gasteiger partial charge in [-0.05, 0) is 89.9 Å². The highest BCUT2D eigenvalue weighted by atomic mass is 16.4. The minimum atomic E-state index is -1.37. The molecule has 0 aromatic heterocycles. The molecular weight excluding hydrogens is 568 g/mol. The second-order valence-corrected chi connectivity index (χ2v) is 8.51. The van der Waals surface area contributed by atoms with E-state index in [9.17, 15) is 79.2 Å². The van der Waals surface area contributed by atoms with Crippen molar-refractivity contribution in [3.8, 4) is 0 Å². The van der Waals surface area contributed by atoms with Gasteiger partial charge in [0, 0.05) is 47.8 Å². The zero-order valence-electron chi connectivity index (χ0n) is 23.3. The lowest BCUT2D eigenvalue weighted by molar-refractivity contribution is -0.315. The van der Waals surface area contributed by atoms with Crippen LogP contribution in [-0.4, -0.2) is 47.8 Å². The molecule has 0 spiro atoms. The summed E-state index contributed by atoms with van der Waals surface area (Å²) in [7, 11) is 0. The Bertz CT molecular complexity index is 708. The fourth-order valence-corrected chi connectivity index (χ4v) is 2.53. The summed E-state index contributed by atoms with van der Waals surface area (Å²) in [6, 6.07) is 0. The Morgan fingerprint density at radius 3 is 0.476 bits per heavy atom. The van der Waals surface area contributed by atoms with E-state index < -0.39 is 60.6 Å². The molecule has 0 aliphatic rings. The van der Waals surface area contributed by atoms with Crippen molar-refractivity contribution in [1.29, 1.82) is 0 Å². The van der Waals surface area contributed by atoms with Gasteiger partial charge in [0.15, 0.2) is 0 Å². The Labute approximate surface area is 243 Å². The van der Waals surface area contributed by atoms with E-state index in [1.54, 1.807) is 0 Å². The van der Waals surface area contributed by atoms with Crippen molar-refractivity contribution in [3.63, 3.8) is 0 Å². The molecule has 0 rings (SSSR count). The number of carboxylic acids is 8. The molecule has 16 nitrogen and oxygen atoms in total. The maximum absolute atomic E-state index is 10.0. The number of carboxylic acid groups (broad SMARTS) is 8. The Morgan fingerprint density at radius 2 is 0.333 bits per heavy atom. The molecule has 0 aliphatic carbocycles. The summed E-state index contributed by atoms with van der Waals surface area (Å²) in [5.74, 6) is -9.29. The molecule has 0 aliphatic heterocycles. The molecule has 0 fully saturated rings. The minimum absolute atomic E-state index is 0.0761. The monoisotopic (exact) mass is 604 g/mol. The number of hydrogen-bond donors (Lipinski definition) is 0. The minimum Gasteiger partial charge on any atom is -0.550 e. The molecule has 0 aromatic rings. The topological polar surface area (TPSA) is 321 Å². The van der Waals surface area contributed by atoms with Gasteiger partial charge in [-0.15, -0.1) is 0 Å². The van der Waals surface area contributed by atoms with E-state index in [-0.39, 0.29) is 38.5 Å². The molecule has 0 N–H and O–H groups in total. The van der Waals surface area contributed by atoms with Crippen molar-refractivity contribution in [2.75, 3.05) is 0 Å². The Hall–Kier alpha value is -4.24. The van der Waals surface area contributed by atoms with Gasteiger partial charge in [0.25, 0.3) is 0 Å². The molecule has 0 saturated heterocycles. The molecule has 0 saturated carbocycles. The van der Waals surface area contributed by atoms with E-state index in [4.69, 9.17) is 0 Å². The van der Waals surface area contributed by atoms with E-state index in [0.717, 1.165) is 25.7 Å². The van der Waals surface area contributed by atoms with Crippen LogP contribution < -0.4 is 40.9 Å². The molecule has 42 heavy (non-hydrogen) atoms. The summed E-state index contributed by atoms with van der Waals surface area (Å²) in [4.78, 5) is 78.1. The molecule has 0 bridgehead atoms. The third-order valence-corrected chi connectivity index (χ3v) is 4.57. The highest BCUT2D eigenvalue weighted by molar-refractivity contribution is 5.72. The van der Waals surface area contributed by atoms with Crippen molar-refractivity contribution >= 4 is 47.8 Å². The molecule has 0 heterocycles. The summed E-state index contributed by atoms with van der Waals surface area (Å²) in [5, 5.41) is 78.1. The highest BCUT2D eigenvalue weighted by Crippen LogP contribution is 2.07. The quantitative estimate of drug-likeness (QED) is 0.104. The molecule has 0 amide bonds. The first-order valence-corrected chi connectivity index (χ1v) is 13.1. The van der Waals surface area contributed by atoms with Crippen molar-refractivity contribution in [2.45, 2.75) is 116 Å². The molecule has 0 aromatic carbocycles. The predicted octanol–water partition coefficient (Wildman–Crippen LogP) is -7.03. The van der Waals surface area contributed by atoms with Gasteiger partial charge in [0.05, 0.1) is 0 Å². The number of hydrogen-bond acceptors (Lipinski definition) is 16. The third-order valence-electron chi connectivity index (χ3n) is 4.57. The zero-order chi connectivity index (χ0) is 33.3. The first-order chi connectivity index (χ1) is 19.5. The SMILES string of the molecule is O=C([O-])CCC(=O)[O-].O=C([O-])CCCCC(=O)[O-].O=C([O-])CCCCC(=O)[O-].O=C([O-])CCCCCCCCC(=O)[O-]. The van der Waals surface area contributed by atoms with Gasteiger partial charge in [-0.1, -0.05) is 25.7 Å². The van der Waals surface area contributed by atoms with Crippen LogP contribution >= 0.6 is 0 Å². The molecule has 0 radical (unpaired) electrons. The van der Waals surface area contributed by atoms with Gasteiger partial charge in [0.2, 0.25) is 0 Å². The summed E-state index contributed by atoms with van der Waals surface area (Å²) >= 11 is 0. The largest absolute Gasteiger partial charge is 0.550 e. The first-order valence-electron chi connectivity index (χ1n) is 13.1. The first kappa shape index (κ1) is 44.8. The van der Waals surface area contributed by atoms with Gasteiger partial charge >= 0.3 is 0 Å². The Balaban J connectivity index is -0.000000234. The van der Waals surface area contributed by atoms with E-state index >= 15 is 0 Å². The lowest BCUT2D eigenvalue weighted by Crippen LogP contribution is -2.27. The number of aliphatic carboxylic acids is 8. The van der Waals surface area contributed by atoms with Gasteiger partial charge < -0.3 is 79.2 Å². The average molecular weight is 605 g/mol.